The Labute approximate surface area is 107 Å². The molecule has 0 spiro atoms. The molecule has 19 heavy (non-hydrogen) atoms. The molecule has 0 aliphatic rings. The molecule has 4 nitrogen and oxygen atoms in total. The van der Waals surface area contributed by atoms with Crippen molar-refractivity contribution in [3.05, 3.63) is 59.1 Å². The fraction of sp³-hybridized carbons (Fsp3) is 0.154. The number of hydrogen-bond donors (Lipinski definition) is 1. The molecule has 1 aromatic heterocycles. The lowest BCUT2D eigenvalue weighted by Gasteiger charge is -2.10. The Kier molecular flexibility index (Phi) is 3.62. The molecule has 0 bridgehead atoms. The Hall–Kier alpha value is -2.21. The summed E-state index contributed by atoms with van der Waals surface area (Å²) in [5.74, 6) is -2.61. The highest BCUT2D eigenvalue weighted by Crippen LogP contribution is 2.25. The van der Waals surface area contributed by atoms with E-state index in [9.17, 15) is 13.6 Å². The van der Waals surface area contributed by atoms with Gasteiger partial charge in [0.25, 0.3) is 0 Å². The Morgan fingerprint density at radius 2 is 2.05 bits per heavy atom. The molecule has 2 rings (SSSR count). The van der Waals surface area contributed by atoms with Crippen molar-refractivity contribution in [3.8, 4) is 0 Å². The molecule has 0 aliphatic carbocycles. The topological polar surface area (TPSA) is 65.5 Å². The summed E-state index contributed by atoms with van der Waals surface area (Å²) < 4.78 is 36.3. The number of benzene rings is 1. The van der Waals surface area contributed by atoms with E-state index in [1.807, 2.05) is 0 Å². The van der Waals surface area contributed by atoms with E-state index in [0.717, 1.165) is 6.07 Å². The lowest BCUT2D eigenvalue weighted by molar-refractivity contribution is 0.0562. The van der Waals surface area contributed by atoms with E-state index in [2.05, 4.69) is 4.74 Å². The van der Waals surface area contributed by atoms with Crippen LogP contribution in [-0.4, -0.2) is 13.1 Å². The molecule has 2 aromatic rings. The van der Waals surface area contributed by atoms with Gasteiger partial charge in [-0.25, -0.2) is 13.6 Å². The van der Waals surface area contributed by atoms with Crippen molar-refractivity contribution in [3.63, 3.8) is 0 Å². The van der Waals surface area contributed by atoms with Gasteiger partial charge in [-0.2, -0.15) is 0 Å². The van der Waals surface area contributed by atoms with Crippen molar-refractivity contribution in [1.82, 2.24) is 0 Å². The van der Waals surface area contributed by atoms with Crippen LogP contribution in [0.1, 0.15) is 27.9 Å². The van der Waals surface area contributed by atoms with Crippen LogP contribution in [-0.2, 0) is 4.74 Å². The van der Waals surface area contributed by atoms with Gasteiger partial charge >= 0.3 is 5.97 Å². The molecule has 0 saturated carbocycles. The SMILES string of the molecule is COC(=O)c1ccc(C(N)c2cccc(F)c2F)o1. The second-order valence-electron chi connectivity index (χ2n) is 3.81. The molecular formula is C13H11F2NO3. The molecule has 0 saturated heterocycles. The van der Waals surface area contributed by atoms with Crippen molar-refractivity contribution >= 4 is 5.97 Å². The number of rotatable bonds is 3. The summed E-state index contributed by atoms with van der Waals surface area (Å²) >= 11 is 0. The second-order valence-corrected chi connectivity index (χ2v) is 3.81. The van der Waals surface area contributed by atoms with Crippen LogP contribution in [0, 0.1) is 11.6 Å². The number of methoxy groups -OCH3 is 1. The van der Waals surface area contributed by atoms with Crippen molar-refractivity contribution in [2.45, 2.75) is 6.04 Å². The van der Waals surface area contributed by atoms with Gasteiger partial charge in [0, 0.05) is 5.56 Å². The summed E-state index contributed by atoms with van der Waals surface area (Å²) in [6.45, 7) is 0. The maximum Gasteiger partial charge on any atom is 0.373 e. The molecule has 1 aromatic carbocycles. The summed E-state index contributed by atoms with van der Waals surface area (Å²) in [7, 11) is 1.21. The van der Waals surface area contributed by atoms with Crippen molar-refractivity contribution in [2.24, 2.45) is 5.73 Å². The number of hydrogen-bond acceptors (Lipinski definition) is 4. The molecular weight excluding hydrogens is 256 g/mol. The summed E-state index contributed by atoms with van der Waals surface area (Å²) in [6, 6.07) is 5.46. The third-order valence-corrected chi connectivity index (χ3v) is 2.64. The van der Waals surface area contributed by atoms with Crippen LogP contribution in [0.3, 0.4) is 0 Å². The van der Waals surface area contributed by atoms with Gasteiger partial charge in [-0.15, -0.1) is 0 Å². The van der Waals surface area contributed by atoms with Crippen LogP contribution in [0.15, 0.2) is 34.7 Å². The number of carbonyl (C=O) groups is 1. The fourth-order valence-electron chi connectivity index (χ4n) is 1.64. The fourth-order valence-corrected chi connectivity index (χ4v) is 1.64. The summed E-state index contributed by atoms with van der Waals surface area (Å²) in [4.78, 5) is 11.2. The van der Waals surface area contributed by atoms with Crippen LogP contribution in [0.2, 0.25) is 0 Å². The lowest BCUT2D eigenvalue weighted by atomic mass is 10.0. The number of esters is 1. The van der Waals surface area contributed by atoms with Gasteiger partial charge < -0.3 is 14.9 Å². The largest absolute Gasteiger partial charge is 0.463 e. The van der Waals surface area contributed by atoms with E-state index >= 15 is 0 Å². The van der Waals surface area contributed by atoms with E-state index < -0.39 is 23.6 Å². The third-order valence-electron chi connectivity index (χ3n) is 2.64. The monoisotopic (exact) mass is 267 g/mol. The highest BCUT2D eigenvalue weighted by atomic mass is 19.2. The summed E-state index contributed by atoms with van der Waals surface area (Å²) in [5.41, 5.74) is 5.74. The normalized spacial score (nSPS) is 12.2. The smallest absolute Gasteiger partial charge is 0.373 e. The maximum absolute atomic E-state index is 13.6. The van der Waals surface area contributed by atoms with Crippen molar-refractivity contribution in [1.29, 1.82) is 0 Å². The zero-order valence-corrected chi connectivity index (χ0v) is 10.0. The molecule has 1 atom stereocenters. The number of ether oxygens (including phenoxy) is 1. The van der Waals surface area contributed by atoms with Crippen LogP contribution >= 0.6 is 0 Å². The van der Waals surface area contributed by atoms with Crippen LogP contribution in [0.4, 0.5) is 8.78 Å². The van der Waals surface area contributed by atoms with Gasteiger partial charge in [0.05, 0.1) is 13.2 Å². The lowest BCUT2D eigenvalue weighted by Crippen LogP contribution is -2.13. The highest BCUT2D eigenvalue weighted by molar-refractivity contribution is 5.86. The van der Waals surface area contributed by atoms with Gasteiger partial charge in [0.15, 0.2) is 11.6 Å². The molecule has 0 amide bonds. The van der Waals surface area contributed by atoms with Gasteiger partial charge in [-0.3, -0.25) is 0 Å². The average Bonchev–Trinajstić information content (AvgIpc) is 2.90. The molecule has 2 N–H and O–H groups in total. The van der Waals surface area contributed by atoms with Crippen molar-refractivity contribution in [2.75, 3.05) is 7.11 Å². The molecule has 1 unspecified atom stereocenters. The van der Waals surface area contributed by atoms with E-state index in [-0.39, 0.29) is 17.1 Å². The van der Waals surface area contributed by atoms with Gasteiger partial charge in [-0.1, -0.05) is 12.1 Å². The van der Waals surface area contributed by atoms with Gasteiger partial charge in [0.1, 0.15) is 5.76 Å². The first-order chi connectivity index (χ1) is 9.04. The minimum absolute atomic E-state index is 0.0502. The Morgan fingerprint density at radius 3 is 2.74 bits per heavy atom. The maximum atomic E-state index is 13.6. The minimum atomic E-state index is -1.04. The standard InChI is InChI=1S/C13H11F2NO3/c1-18-13(17)10-6-5-9(19-10)12(16)7-3-2-4-8(14)11(7)15/h2-6,12H,16H2,1H3. The summed E-state index contributed by atoms with van der Waals surface area (Å²) in [5, 5.41) is 0. The van der Waals surface area contributed by atoms with Crippen molar-refractivity contribution < 1.29 is 22.7 Å². The Morgan fingerprint density at radius 1 is 1.32 bits per heavy atom. The van der Waals surface area contributed by atoms with E-state index in [1.54, 1.807) is 0 Å². The molecule has 0 aliphatic heterocycles. The molecule has 6 heteroatoms. The van der Waals surface area contributed by atoms with Gasteiger partial charge in [0.2, 0.25) is 5.76 Å². The Bertz CT molecular complexity index is 610. The first-order valence-corrected chi connectivity index (χ1v) is 5.42. The molecule has 1 heterocycles. The number of furan rings is 1. The van der Waals surface area contributed by atoms with E-state index in [1.165, 1.54) is 31.4 Å². The molecule has 0 fully saturated rings. The minimum Gasteiger partial charge on any atom is -0.463 e. The quantitative estimate of drug-likeness (QED) is 0.867. The van der Waals surface area contributed by atoms with Crippen LogP contribution in [0.25, 0.3) is 0 Å². The first kappa shape index (κ1) is 13.2. The predicted molar refractivity (Wildman–Crippen MR) is 62.4 cm³/mol. The zero-order chi connectivity index (χ0) is 14.0. The van der Waals surface area contributed by atoms with Gasteiger partial charge in [-0.05, 0) is 18.2 Å². The second kappa shape index (κ2) is 5.19. The first-order valence-electron chi connectivity index (χ1n) is 5.42. The number of carbonyl (C=O) groups excluding carboxylic acids is 1. The Balaban J connectivity index is 2.34. The summed E-state index contributed by atoms with van der Waals surface area (Å²) in [6.07, 6.45) is 0. The zero-order valence-electron chi connectivity index (χ0n) is 10.0. The molecule has 0 radical (unpaired) electrons. The van der Waals surface area contributed by atoms with Crippen LogP contribution < -0.4 is 5.73 Å². The molecule has 100 valence electrons. The number of nitrogens with two attached hydrogens (primary N) is 1. The third kappa shape index (κ3) is 2.48. The van der Waals surface area contributed by atoms with E-state index in [4.69, 9.17) is 10.2 Å². The predicted octanol–water partition coefficient (Wildman–Crippen LogP) is 2.39. The van der Waals surface area contributed by atoms with E-state index in [0.29, 0.717) is 0 Å². The highest BCUT2D eigenvalue weighted by Gasteiger charge is 2.21. The average molecular weight is 267 g/mol. The number of halogens is 2. The van der Waals surface area contributed by atoms with Crippen LogP contribution in [0.5, 0.6) is 0 Å².